The minimum absolute atomic E-state index is 0.00624. The molecule has 0 fully saturated rings. The number of aromatic nitrogens is 1. The first-order valence-electron chi connectivity index (χ1n) is 11.1. The highest BCUT2D eigenvalue weighted by Crippen LogP contribution is 2.45. The molecule has 1 aromatic heterocycles. The molecule has 0 amide bonds. The molecule has 1 aliphatic carbocycles. The summed E-state index contributed by atoms with van der Waals surface area (Å²) in [5, 5.41) is 20.5. The van der Waals surface area contributed by atoms with Crippen molar-refractivity contribution in [2.75, 3.05) is 13.2 Å². The monoisotopic (exact) mass is 515 g/mol. The lowest BCUT2D eigenvalue weighted by Crippen LogP contribution is -2.38. The molecule has 3 aromatic rings. The van der Waals surface area contributed by atoms with E-state index in [0.29, 0.717) is 17.9 Å². The van der Waals surface area contributed by atoms with E-state index in [4.69, 9.17) is 9.47 Å². The summed E-state index contributed by atoms with van der Waals surface area (Å²) in [6, 6.07) is 11.5. The Morgan fingerprint density at radius 3 is 2.58 bits per heavy atom. The van der Waals surface area contributed by atoms with Crippen LogP contribution in [0.25, 0.3) is 10.9 Å². The van der Waals surface area contributed by atoms with Crippen molar-refractivity contribution in [2.24, 2.45) is 5.92 Å². The third kappa shape index (κ3) is 4.47. The summed E-state index contributed by atoms with van der Waals surface area (Å²) in [7, 11) is 0. The van der Waals surface area contributed by atoms with Gasteiger partial charge in [-0.3, -0.25) is 4.79 Å². The van der Waals surface area contributed by atoms with E-state index in [1.165, 1.54) is 13.8 Å². The average molecular weight is 516 g/mol. The van der Waals surface area contributed by atoms with Gasteiger partial charge in [-0.25, -0.2) is 0 Å². The molecule has 3 N–H and O–H groups in total. The number of hydrogen-bond acceptors (Lipinski definition) is 5. The van der Waals surface area contributed by atoms with Crippen molar-refractivity contribution < 1.29 is 24.5 Å². The van der Waals surface area contributed by atoms with Crippen LogP contribution in [-0.4, -0.2) is 46.1 Å². The normalized spacial score (nSPS) is 16.9. The molecule has 4 rings (SSSR count). The average Bonchev–Trinajstić information content (AvgIpc) is 3.13. The van der Waals surface area contributed by atoms with E-state index in [9.17, 15) is 15.0 Å². The molecule has 2 aromatic carbocycles. The van der Waals surface area contributed by atoms with E-state index in [2.05, 4.69) is 34.8 Å². The zero-order chi connectivity index (χ0) is 24.1. The zero-order valence-corrected chi connectivity index (χ0v) is 21.1. The number of ether oxygens (including phenoxy) is 2. The Kier molecular flexibility index (Phi) is 6.20. The number of ketones is 1. The molecule has 176 valence electrons. The second kappa shape index (κ2) is 8.55. The smallest absolute Gasteiger partial charge is 0.195 e. The number of benzene rings is 2. The molecule has 1 heterocycles. The van der Waals surface area contributed by atoms with Gasteiger partial charge in [0.25, 0.3) is 0 Å². The standard InChI is InChI=1S/C26H30BrNO5/c1-14(21(12-29)33-26(4,5)31)13-32-16-7-9-17-19(11-16)25(2,3)24-22(23(17)30)18-8-6-15(27)10-20(18)28-24/h6-11,14,21,28-29,31H,12-13H2,1-5H3/t14-,21-/m1/s1. The lowest BCUT2D eigenvalue weighted by atomic mass is 9.71. The van der Waals surface area contributed by atoms with Gasteiger partial charge < -0.3 is 24.7 Å². The number of aliphatic hydroxyl groups excluding tert-OH is 1. The van der Waals surface area contributed by atoms with Crippen LogP contribution < -0.4 is 4.74 Å². The third-order valence-corrected chi connectivity index (χ3v) is 6.78. The van der Waals surface area contributed by atoms with Gasteiger partial charge in [-0.05, 0) is 49.7 Å². The molecular formula is C26H30BrNO5. The van der Waals surface area contributed by atoms with Crippen LogP contribution in [0.4, 0.5) is 0 Å². The molecule has 6 nitrogen and oxygen atoms in total. The lowest BCUT2D eigenvalue weighted by molar-refractivity contribution is -0.224. The molecule has 0 saturated carbocycles. The van der Waals surface area contributed by atoms with Crippen LogP contribution in [0.2, 0.25) is 0 Å². The number of H-pyrrole nitrogens is 1. The van der Waals surface area contributed by atoms with Gasteiger partial charge in [0.2, 0.25) is 0 Å². The summed E-state index contributed by atoms with van der Waals surface area (Å²) in [5.41, 5.74) is 3.71. The Hall–Kier alpha value is -2.19. The topological polar surface area (TPSA) is 91.8 Å². The minimum Gasteiger partial charge on any atom is -0.493 e. The maximum Gasteiger partial charge on any atom is 0.195 e. The molecule has 0 saturated heterocycles. The predicted molar refractivity (Wildman–Crippen MR) is 131 cm³/mol. The van der Waals surface area contributed by atoms with Crippen molar-refractivity contribution >= 4 is 32.6 Å². The number of carbonyl (C=O) groups is 1. The maximum atomic E-state index is 13.5. The van der Waals surface area contributed by atoms with E-state index in [-0.39, 0.29) is 18.3 Å². The van der Waals surface area contributed by atoms with Crippen LogP contribution in [0.1, 0.15) is 61.8 Å². The molecule has 0 unspecified atom stereocenters. The van der Waals surface area contributed by atoms with Crippen LogP contribution in [0, 0.1) is 5.92 Å². The Morgan fingerprint density at radius 2 is 1.91 bits per heavy atom. The molecule has 1 aliphatic rings. The van der Waals surface area contributed by atoms with Gasteiger partial charge in [0.1, 0.15) is 5.75 Å². The van der Waals surface area contributed by atoms with Crippen molar-refractivity contribution in [3.8, 4) is 5.75 Å². The number of rotatable bonds is 7. The van der Waals surface area contributed by atoms with Crippen molar-refractivity contribution in [1.29, 1.82) is 0 Å². The number of aliphatic hydroxyl groups is 2. The van der Waals surface area contributed by atoms with E-state index in [1.54, 1.807) is 6.07 Å². The summed E-state index contributed by atoms with van der Waals surface area (Å²) in [5.74, 6) is -0.855. The lowest BCUT2D eigenvalue weighted by Gasteiger charge is -2.32. The van der Waals surface area contributed by atoms with Gasteiger partial charge >= 0.3 is 0 Å². The van der Waals surface area contributed by atoms with Gasteiger partial charge in [0.05, 0.1) is 24.9 Å². The van der Waals surface area contributed by atoms with E-state index in [1.807, 2.05) is 37.3 Å². The van der Waals surface area contributed by atoms with Gasteiger partial charge in [-0.2, -0.15) is 0 Å². The van der Waals surface area contributed by atoms with Crippen molar-refractivity contribution in [1.82, 2.24) is 4.98 Å². The molecule has 0 radical (unpaired) electrons. The van der Waals surface area contributed by atoms with Crippen molar-refractivity contribution in [3.63, 3.8) is 0 Å². The van der Waals surface area contributed by atoms with Gasteiger partial charge in [-0.1, -0.05) is 42.8 Å². The Labute approximate surface area is 202 Å². The molecule has 0 spiro atoms. The Bertz CT molecular complexity index is 1210. The summed E-state index contributed by atoms with van der Waals surface area (Å²) >= 11 is 3.51. The van der Waals surface area contributed by atoms with Crippen LogP contribution in [0.5, 0.6) is 5.75 Å². The fraction of sp³-hybridized carbons (Fsp3) is 0.423. The first-order valence-corrected chi connectivity index (χ1v) is 11.9. The number of aromatic amines is 1. The first kappa shape index (κ1) is 24.0. The summed E-state index contributed by atoms with van der Waals surface area (Å²) in [6.07, 6.45) is -0.561. The highest BCUT2D eigenvalue weighted by atomic mass is 79.9. The molecule has 0 bridgehead atoms. The van der Waals surface area contributed by atoms with Gasteiger partial charge in [0.15, 0.2) is 11.6 Å². The van der Waals surface area contributed by atoms with Crippen LogP contribution in [0.15, 0.2) is 40.9 Å². The predicted octanol–water partition coefficient (Wildman–Crippen LogP) is 4.92. The minimum atomic E-state index is -1.34. The summed E-state index contributed by atoms with van der Waals surface area (Å²) < 4.78 is 12.5. The quantitative estimate of drug-likeness (QED) is 0.388. The molecule has 2 atom stereocenters. The molecular weight excluding hydrogens is 486 g/mol. The fourth-order valence-electron chi connectivity index (χ4n) is 4.51. The second-order valence-corrected chi connectivity index (χ2v) is 10.7. The number of hydrogen-bond donors (Lipinski definition) is 3. The highest BCUT2D eigenvalue weighted by molar-refractivity contribution is 9.10. The van der Waals surface area contributed by atoms with Crippen molar-refractivity contribution in [3.05, 3.63) is 63.3 Å². The number of nitrogens with one attached hydrogen (secondary N) is 1. The first-order chi connectivity index (χ1) is 15.4. The Balaban J connectivity index is 1.62. The molecule has 33 heavy (non-hydrogen) atoms. The van der Waals surface area contributed by atoms with Crippen LogP contribution >= 0.6 is 15.9 Å². The molecule has 0 aliphatic heterocycles. The number of halogens is 1. The van der Waals surface area contributed by atoms with Crippen LogP contribution in [0.3, 0.4) is 0 Å². The largest absolute Gasteiger partial charge is 0.493 e. The zero-order valence-electron chi connectivity index (χ0n) is 19.5. The van der Waals surface area contributed by atoms with Gasteiger partial charge in [0, 0.05) is 38.0 Å². The number of fused-ring (bicyclic) bond motifs is 4. The van der Waals surface area contributed by atoms with E-state index in [0.717, 1.165) is 32.2 Å². The molecule has 7 heteroatoms. The van der Waals surface area contributed by atoms with Gasteiger partial charge in [-0.15, -0.1) is 0 Å². The highest BCUT2D eigenvalue weighted by Gasteiger charge is 2.40. The maximum absolute atomic E-state index is 13.5. The summed E-state index contributed by atoms with van der Waals surface area (Å²) in [6.45, 7) is 9.23. The SMILES string of the molecule is C[C@H](COc1ccc2c(c1)C(C)(C)c1[nH]c3cc(Br)ccc3c1C2=O)[C@@H](CO)OC(C)(C)O. The Morgan fingerprint density at radius 1 is 1.18 bits per heavy atom. The second-order valence-electron chi connectivity index (χ2n) is 9.80. The van der Waals surface area contributed by atoms with Crippen LogP contribution in [-0.2, 0) is 10.2 Å². The number of carbonyl (C=O) groups excluding carboxylic acids is 1. The summed E-state index contributed by atoms with van der Waals surface area (Å²) in [4.78, 5) is 16.9. The van der Waals surface area contributed by atoms with E-state index < -0.39 is 17.3 Å². The third-order valence-electron chi connectivity index (χ3n) is 6.29. The van der Waals surface area contributed by atoms with E-state index >= 15 is 0 Å². The fourth-order valence-corrected chi connectivity index (χ4v) is 4.87. The van der Waals surface area contributed by atoms with Crippen molar-refractivity contribution in [2.45, 2.75) is 51.9 Å².